The molecule has 1 heterocycles. The highest BCUT2D eigenvalue weighted by Crippen LogP contribution is 2.39. The van der Waals surface area contributed by atoms with Gasteiger partial charge in [-0.3, -0.25) is 19.2 Å². The lowest BCUT2D eigenvalue weighted by molar-refractivity contribution is -0.192. The highest BCUT2D eigenvalue weighted by atomic mass is 32.2. The second kappa shape index (κ2) is 22.0. The van der Waals surface area contributed by atoms with Gasteiger partial charge in [0, 0.05) is 43.7 Å². The number of hydrogen-bond acceptors (Lipinski definition) is 10. The first kappa shape index (κ1) is 48.0. The van der Waals surface area contributed by atoms with E-state index in [1.54, 1.807) is 10.8 Å². The van der Waals surface area contributed by atoms with Gasteiger partial charge in [0.1, 0.15) is 30.1 Å². The van der Waals surface area contributed by atoms with E-state index in [2.05, 4.69) is 10.6 Å². The van der Waals surface area contributed by atoms with E-state index in [1.807, 2.05) is 51.1 Å². The topological polar surface area (TPSA) is 243 Å². The SMILES string of the molecule is CC(C)(C)[C@H](c1nc(-c2cc(F)ccc2F)cn1Cc1ccccc1)N(CC[C@H](N)C(=O)NCCNC(=O)CSC[C@H](N)C(=O)O)C(=O)CO.O=C(O)C(F)(F)F. The third-order valence-corrected chi connectivity index (χ3v) is 8.96. The Bertz CT molecular complexity index is 1830. The van der Waals surface area contributed by atoms with Gasteiger partial charge in [-0.2, -0.15) is 13.2 Å². The van der Waals surface area contributed by atoms with E-state index in [0.717, 1.165) is 35.5 Å². The van der Waals surface area contributed by atoms with E-state index in [9.17, 15) is 46.2 Å². The number of halogens is 5. The first-order valence-electron chi connectivity index (χ1n) is 17.2. The van der Waals surface area contributed by atoms with Gasteiger partial charge in [-0.15, -0.1) is 11.8 Å². The molecule has 314 valence electrons. The van der Waals surface area contributed by atoms with E-state index in [0.29, 0.717) is 12.4 Å². The molecule has 0 aliphatic heterocycles. The van der Waals surface area contributed by atoms with E-state index >= 15 is 0 Å². The van der Waals surface area contributed by atoms with Crippen LogP contribution in [-0.2, 0) is 30.5 Å². The third kappa shape index (κ3) is 15.7. The molecule has 0 bridgehead atoms. The molecule has 3 amide bonds. The second-order valence-corrected chi connectivity index (χ2v) is 14.6. The number of benzene rings is 2. The van der Waals surface area contributed by atoms with Crippen molar-refractivity contribution in [3.8, 4) is 11.3 Å². The van der Waals surface area contributed by atoms with Gasteiger partial charge >= 0.3 is 18.1 Å². The second-order valence-electron chi connectivity index (χ2n) is 13.5. The molecule has 0 aliphatic carbocycles. The lowest BCUT2D eigenvalue weighted by atomic mass is 9.84. The lowest BCUT2D eigenvalue weighted by Gasteiger charge is -2.40. The Morgan fingerprint density at radius 1 is 0.947 bits per heavy atom. The van der Waals surface area contributed by atoms with Crippen LogP contribution in [0.25, 0.3) is 11.3 Å². The number of nitrogens with one attached hydrogen (secondary N) is 2. The number of nitrogens with zero attached hydrogens (tertiary/aromatic N) is 3. The Labute approximate surface area is 329 Å². The van der Waals surface area contributed by atoms with Gasteiger partial charge in [-0.1, -0.05) is 51.1 Å². The molecule has 2 aromatic carbocycles. The standard InChI is InChI=1S/C34H45F2N7O6S.C2HF3O2/c1-34(2,3)30(31-41-27(23-15-22(35)9-10-24(23)36)17-42(31)16-21-7-5-4-6-8-21)43(29(46)18-44)14-11-25(37)32(47)40-13-12-39-28(45)20-50-19-26(38)33(48)49;3-2(4,5)1(6)7/h4-10,15,17,25-26,30,44H,11-14,16,18-20,37-38H2,1-3H3,(H,39,45)(H,40,47)(H,48,49);(H,6,7)/t25-,26-,30-;/m0./s1. The van der Waals surface area contributed by atoms with Crippen LogP contribution in [0, 0.1) is 17.0 Å². The molecule has 0 saturated carbocycles. The number of hydrogen-bond donors (Lipinski definition) is 7. The Kier molecular flexibility index (Phi) is 18.5. The summed E-state index contributed by atoms with van der Waals surface area (Å²) >= 11 is 1.07. The number of amides is 3. The summed E-state index contributed by atoms with van der Waals surface area (Å²) in [5.41, 5.74) is 11.9. The van der Waals surface area contributed by atoms with Crippen LogP contribution in [0.4, 0.5) is 22.0 Å². The van der Waals surface area contributed by atoms with Gasteiger partial charge in [0.25, 0.3) is 0 Å². The number of carboxylic acids is 2. The predicted molar refractivity (Wildman–Crippen MR) is 199 cm³/mol. The molecule has 57 heavy (non-hydrogen) atoms. The number of aromatic nitrogens is 2. The molecular weight excluding hydrogens is 785 g/mol. The van der Waals surface area contributed by atoms with Crippen molar-refractivity contribution in [1.29, 1.82) is 0 Å². The summed E-state index contributed by atoms with van der Waals surface area (Å²) in [7, 11) is 0. The van der Waals surface area contributed by atoms with E-state index < -0.39 is 71.7 Å². The van der Waals surface area contributed by atoms with Crippen LogP contribution in [0.15, 0.2) is 54.7 Å². The number of aliphatic hydroxyl groups is 1. The number of alkyl halides is 3. The van der Waals surface area contributed by atoms with Crippen LogP contribution in [0.5, 0.6) is 0 Å². The fourth-order valence-corrected chi connectivity index (χ4v) is 5.99. The summed E-state index contributed by atoms with van der Waals surface area (Å²) in [5.74, 6) is -6.32. The normalized spacial score (nSPS) is 13.0. The van der Waals surface area contributed by atoms with E-state index in [-0.39, 0.29) is 54.7 Å². The molecule has 3 atom stereocenters. The molecule has 3 rings (SSSR count). The van der Waals surface area contributed by atoms with Gasteiger partial charge in [0.15, 0.2) is 0 Å². The van der Waals surface area contributed by atoms with Crippen LogP contribution in [0.2, 0.25) is 0 Å². The predicted octanol–water partition coefficient (Wildman–Crippen LogP) is 2.51. The molecular formula is C36H46F5N7O8S. The number of imidazole rings is 1. The average molecular weight is 832 g/mol. The largest absolute Gasteiger partial charge is 0.490 e. The quantitative estimate of drug-likeness (QED) is 0.0723. The number of aliphatic carboxylic acids is 2. The number of carboxylic acid groups (broad SMARTS) is 2. The summed E-state index contributed by atoms with van der Waals surface area (Å²) in [5, 5.41) is 31.2. The smallest absolute Gasteiger partial charge is 0.480 e. The van der Waals surface area contributed by atoms with Gasteiger partial charge < -0.3 is 46.9 Å². The Balaban J connectivity index is 0.00000146. The van der Waals surface area contributed by atoms with Crippen LogP contribution in [0.1, 0.15) is 44.6 Å². The number of carbonyl (C=O) groups is 5. The minimum atomic E-state index is -5.08. The molecule has 0 radical (unpaired) electrons. The van der Waals surface area contributed by atoms with Crippen molar-refractivity contribution in [2.75, 3.05) is 37.7 Å². The molecule has 0 unspecified atom stereocenters. The maximum atomic E-state index is 14.9. The molecule has 21 heteroatoms. The van der Waals surface area contributed by atoms with Crippen LogP contribution < -0.4 is 22.1 Å². The van der Waals surface area contributed by atoms with Crippen molar-refractivity contribution in [3.63, 3.8) is 0 Å². The number of aliphatic hydroxyl groups excluding tert-OH is 1. The van der Waals surface area contributed by atoms with Gasteiger partial charge in [0.05, 0.1) is 23.5 Å². The zero-order valence-electron chi connectivity index (χ0n) is 31.3. The first-order valence-corrected chi connectivity index (χ1v) is 18.3. The summed E-state index contributed by atoms with van der Waals surface area (Å²) in [6.07, 6.45) is -3.48. The van der Waals surface area contributed by atoms with Crippen LogP contribution in [0.3, 0.4) is 0 Å². The van der Waals surface area contributed by atoms with E-state index in [4.69, 9.17) is 31.5 Å². The van der Waals surface area contributed by atoms with Crippen molar-refractivity contribution < 1.29 is 61.2 Å². The number of thioether (sulfide) groups is 1. The Morgan fingerprint density at radius 3 is 2.12 bits per heavy atom. The summed E-state index contributed by atoms with van der Waals surface area (Å²) in [6.45, 7) is 5.20. The van der Waals surface area contributed by atoms with Crippen molar-refractivity contribution in [2.45, 2.75) is 58.0 Å². The third-order valence-electron chi connectivity index (χ3n) is 7.89. The number of nitrogens with two attached hydrogens (primary N) is 2. The zero-order valence-corrected chi connectivity index (χ0v) is 32.1. The maximum Gasteiger partial charge on any atom is 0.490 e. The van der Waals surface area contributed by atoms with E-state index in [1.165, 1.54) is 4.90 Å². The number of rotatable bonds is 18. The van der Waals surface area contributed by atoms with Crippen LogP contribution >= 0.6 is 11.8 Å². The Hall–Kier alpha value is -5.12. The minimum Gasteiger partial charge on any atom is -0.480 e. The molecule has 1 aromatic heterocycles. The van der Waals surface area contributed by atoms with Gasteiger partial charge in [-0.25, -0.2) is 18.6 Å². The number of carbonyl (C=O) groups excluding carboxylic acids is 3. The Morgan fingerprint density at radius 2 is 1.56 bits per heavy atom. The molecule has 0 aliphatic rings. The zero-order chi connectivity index (χ0) is 43.1. The maximum absolute atomic E-state index is 14.9. The average Bonchev–Trinajstić information content (AvgIpc) is 3.53. The first-order chi connectivity index (χ1) is 26.6. The fourth-order valence-electron chi connectivity index (χ4n) is 5.19. The molecule has 9 N–H and O–H groups in total. The lowest BCUT2D eigenvalue weighted by Crippen LogP contribution is -2.48. The summed E-state index contributed by atoms with van der Waals surface area (Å²) in [6, 6.07) is 9.54. The minimum absolute atomic E-state index is 0.000360. The van der Waals surface area contributed by atoms with Crippen LogP contribution in [-0.4, -0.2) is 115 Å². The van der Waals surface area contributed by atoms with Crippen molar-refractivity contribution in [2.24, 2.45) is 16.9 Å². The van der Waals surface area contributed by atoms with Gasteiger partial charge in [-0.05, 0) is 35.6 Å². The summed E-state index contributed by atoms with van der Waals surface area (Å²) in [4.78, 5) is 63.9. The molecule has 0 saturated heterocycles. The fraction of sp³-hybridized carbons (Fsp3) is 0.444. The highest BCUT2D eigenvalue weighted by molar-refractivity contribution is 8.00. The molecule has 0 spiro atoms. The summed E-state index contributed by atoms with van der Waals surface area (Å²) < 4.78 is 62.6. The van der Waals surface area contributed by atoms with Crippen molar-refractivity contribution in [1.82, 2.24) is 25.1 Å². The van der Waals surface area contributed by atoms with Crippen molar-refractivity contribution >= 4 is 41.4 Å². The molecule has 15 nitrogen and oxygen atoms in total. The molecule has 0 fully saturated rings. The highest BCUT2D eigenvalue weighted by Gasteiger charge is 2.39. The van der Waals surface area contributed by atoms with Gasteiger partial charge in [0.2, 0.25) is 17.7 Å². The molecule has 3 aromatic rings. The van der Waals surface area contributed by atoms with Crippen molar-refractivity contribution in [3.05, 3.63) is 77.8 Å². The monoisotopic (exact) mass is 831 g/mol.